The highest BCUT2D eigenvalue weighted by molar-refractivity contribution is 6.30. The Balaban J connectivity index is 1.28. The van der Waals surface area contributed by atoms with E-state index in [4.69, 9.17) is 16.6 Å². The van der Waals surface area contributed by atoms with Gasteiger partial charge in [0, 0.05) is 55.0 Å². The maximum atomic E-state index is 10.7. The maximum Gasteiger partial charge on any atom is 0.224 e. The van der Waals surface area contributed by atoms with Crippen LogP contribution in [0.3, 0.4) is 0 Å². The molecule has 0 unspecified atom stereocenters. The van der Waals surface area contributed by atoms with Crippen LogP contribution in [0.25, 0.3) is 22.4 Å². The number of aromatic hydroxyl groups is 1. The van der Waals surface area contributed by atoms with Gasteiger partial charge in [-0.1, -0.05) is 23.7 Å². The quantitative estimate of drug-likeness (QED) is 0.278. The molecule has 2 saturated heterocycles. The zero-order valence-corrected chi connectivity index (χ0v) is 22.5. The Kier molecular flexibility index (Phi) is 6.42. The maximum absolute atomic E-state index is 10.7. The Bertz CT molecular complexity index is 1480. The van der Waals surface area contributed by atoms with Crippen LogP contribution in [0.1, 0.15) is 30.1 Å². The number of fused-ring (bicyclic) bond motifs is 1. The summed E-state index contributed by atoms with van der Waals surface area (Å²) in [5, 5.41) is 25.2. The molecule has 2 aliphatic heterocycles. The fourth-order valence-corrected chi connectivity index (χ4v) is 6.42. The van der Waals surface area contributed by atoms with Gasteiger partial charge in [-0.15, -0.1) is 0 Å². The van der Waals surface area contributed by atoms with Crippen molar-refractivity contribution >= 4 is 34.0 Å². The zero-order chi connectivity index (χ0) is 26.4. The number of hydrogen-bond acceptors (Lipinski definition) is 7. The molecule has 4 aromatic rings. The van der Waals surface area contributed by atoms with E-state index in [1.165, 1.54) is 37.8 Å². The molecule has 38 heavy (non-hydrogen) atoms. The number of rotatable bonds is 6. The lowest BCUT2D eigenvalue weighted by Crippen LogP contribution is -2.61. The summed E-state index contributed by atoms with van der Waals surface area (Å²) in [6.45, 7) is 6.78. The van der Waals surface area contributed by atoms with Crippen LogP contribution in [0.15, 0.2) is 48.7 Å². The minimum Gasteiger partial charge on any atom is -0.493 e. The van der Waals surface area contributed by atoms with Gasteiger partial charge < -0.3 is 30.3 Å². The molecule has 0 saturated carbocycles. The Morgan fingerprint density at radius 1 is 1.18 bits per heavy atom. The number of aliphatic hydroxyl groups excluding tert-OH is 1. The number of aliphatic hydroxyl groups is 1. The van der Waals surface area contributed by atoms with Gasteiger partial charge in [-0.3, -0.25) is 0 Å². The van der Waals surface area contributed by atoms with Crippen LogP contribution in [0.4, 0.5) is 11.4 Å². The van der Waals surface area contributed by atoms with E-state index in [1.54, 1.807) is 18.2 Å². The van der Waals surface area contributed by atoms with Gasteiger partial charge in [-0.2, -0.15) is 0 Å². The van der Waals surface area contributed by atoms with E-state index in [-0.39, 0.29) is 12.4 Å². The summed E-state index contributed by atoms with van der Waals surface area (Å²) in [4.78, 5) is 17.3. The highest BCUT2D eigenvalue weighted by atomic mass is 35.5. The highest BCUT2D eigenvalue weighted by Gasteiger charge is 2.44. The monoisotopic (exact) mass is 532 g/mol. The molecular formula is C29H33ClN6O2. The van der Waals surface area contributed by atoms with Crippen LogP contribution in [-0.2, 0) is 0 Å². The van der Waals surface area contributed by atoms with Crippen LogP contribution in [0.2, 0.25) is 5.02 Å². The van der Waals surface area contributed by atoms with E-state index in [0.717, 1.165) is 29.7 Å². The van der Waals surface area contributed by atoms with Crippen molar-refractivity contribution in [3.63, 3.8) is 0 Å². The van der Waals surface area contributed by atoms with Gasteiger partial charge >= 0.3 is 0 Å². The first-order valence-electron chi connectivity index (χ1n) is 13.1. The summed E-state index contributed by atoms with van der Waals surface area (Å²) in [7, 11) is 2.20. The number of aromatic nitrogens is 3. The molecule has 2 aliphatic rings. The first-order valence-corrected chi connectivity index (χ1v) is 13.5. The van der Waals surface area contributed by atoms with Crippen molar-refractivity contribution in [2.45, 2.75) is 25.9 Å². The number of pyridine rings is 1. The molecule has 198 valence electrons. The van der Waals surface area contributed by atoms with Crippen LogP contribution in [0, 0.1) is 12.3 Å². The van der Waals surface area contributed by atoms with Gasteiger partial charge in [-0.05, 0) is 68.3 Å². The predicted octanol–water partition coefficient (Wildman–Crippen LogP) is 4.97. The van der Waals surface area contributed by atoms with Gasteiger partial charge in [0.2, 0.25) is 5.88 Å². The Hall–Kier alpha value is -3.33. The molecule has 8 nitrogen and oxygen atoms in total. The van der Waals surface area contributed by atoms with Crippen molar-refractivity contribution in [2.75, 3.05) is 50.0 Å². The highest BCUT2D eigenvalue weighted by Crippen LogP contribution is 2.41. The second-order valence-corrected chi connectivity index (χ2v) is 11.4. The molecule has 2 aromatic carbocycles. The standard InChI is InChI=1S/C29H33ClN6O2/c1-18-11-21(36-10-4-8-29(17-36)15-35(2)16-29)13-23-26(18)34-27(33-23)25-22(7-9-31-28(25)38)32-14-24(37)19-5-3-6-20(30)12-19/h3,5-7,9,11-13,24,37H,4,8,10,14-17H2,1-2H3,(H,33,34)(H2,31,32,38)/t24-/m0/s1. The lowest BCUT2D eigenvalue weighted by atomic mass is 9.73. The Labute approximate surface area is 227 Å². The summed E-state index contributed by atoms with van der Waals surface area (Å²) < 4.78 is 0. The number of nitrogens with one attached hydrogen (secondary N) is 2. The average molecular weight is 533 g/mol. The fraction of sp³-hybridized carbons (Fsp3) is 0.379. The first-order chi connectivity index (χ1) is 18.3. The van der Waals surface area contributed by atoms with E-state index >= 15 is 0 Å². The second-order valence-electron chi connectivity index (χ2n) is 10.9. The largest absolute Gasteiger partial charge is 0.493 e. The number of aryl methyl sites for hydroxylation is 1. The van der Waals surface area contributed by atoms with Crippen LogP contribution < -0.4 is 10.2 Å². The number of nitrogens with zero attached hydrogens (tertiary/aromatic N) is 4. The van der Waals surface area contributed by atoms with Crippen LogP contribution >= 0.6 is 11.6 Å². The zero-order valence-electron chi connectivity index (χ0n) is 21.7. The van der Waals surface area contributed by atoms with Gasteiger partial charge in [0.25, 0.3) is 0 Å². The smallest absolute Gasteiger partial charge is 0.224 e. The van der Waals surface area contributed by atoms with Crippen molar-refractivity contribution in [1.29, 1.82) is 0 Å². The SMILES string of the molecule is Cc1cc(N2CCCC3(CN(C)C3)C2)cc2nc(-c3c(NC[C@H](O)c4cccc(Cl)c4)ccnc3O)[nH]c12. The molecular weight excluding hydrogens is 500 g/mol. The average Bonchev–Trinajstić information content (AvgIpc) is 3.31. The lowest BCUT2D eigenvalue weighted by molar-refractivity contribution is 0.0102. The molecule has 0 amide bonds. The van der Waals surface area contributed by atoms with Crippen molar-refractivity contribution in [1.82, 2.24) is 19.9 Å². The fourth-order valence-electron chi connectivity index (χ4n) is 6.22. The molecule has 6 rings (SSSR count). The molecule has 9 heteroatoms. The lowest BCUT2D eigenvalue weighted by Gasteiger charge is -2.54. The number of H-pyrrole nitrogens is 1. The summed E-state index contributed by atoms with van der Waals surface area (Å²) in [6, 6.07) is 13.3. The summed E-state index contributed by atoms with van der Waals surface area (Å²) in [6.07, 6.45) is 3.25. The van der Waals surface area contributed by atoms with Crippen LogP contribution in [0.5, 0.6) is 5.88 Å². The van der Waals surface area contributed by atoms with E-state index in [0.29, 0.717) is 33.1 Å². The van der Waals surface area contributed by atoms with Gasteiger partial charge in [0.1, 0.15) is 11.4 Å². The molecule has 2 aromatic heterocycles. The van der Waals surface area contributed by atoms with E-state index in [2.05, 4.69) is 51.2 Å². The molecule has 2 fully saturated rings. The minimum atomic E-state index is -0.777. The summed E-state index contributed by atoms with van der Waals surface area (Å²) in [5.41, 5.74) is 6.31. The number of benzene rings is 2. The summed E-state index contributed by atoms with van der Waals surface area (Å²) >= 11 is 6.08. The first kappa shape index (κ1) is 25.0. The molecule has 1 spiro atoms. The third-order valence-corrected chi connectivity index (χ3v) is 8.13. The van der Waals surface area contributed by atoms with Crippen molar-refractivity contribution in [3.8, 4) is 17.3 Å². The predicted molar refractivity (Wildman–Crippen MR) is 152 cm³/mol. The number of anilines is 2. The Morgan fingerprint density at radius 3 is 2.82 bits per heavy atom. The van der Waals surface area contributed by atoms with Crippen molar-refractivity contribution in [2.24, 2.45) is 5.41 Å². The molecule has 4 N–H and O–H groups in total. The molecule has 0 aliphatic carbocycles. The normalized spacial score (nSPS) is 18.1. The van der Waals surface area contributed by atoms with E-state index < -0.39 is 6.10 Å². The number of aromatic amines is 1. The van der Waals surface area contributed by atoms with Crippen LogP contribution in [-0.4, -0.2) is 69.8 Å². The molecule has 4 heterocycles. The summed E-state index contributed by atoms with van der Waals surface area (Å²) in [5.74, 6) is 0.401. The van der Waals surface area contributed by atoms with Gasteiger partial charge in [-0.25, -0.2) is 9.97 Å². The number of imidazole rings is 1. The second kappa shape index (κ2) is 9.76. The number of hydrogen-bond donors (Lipinski definition) is 4. The molecule has 1 atom stereocenters. The van der Waals surface area contributed by atoms with Crippen molar-refractivity contribution < 1.29 is 10.2 Å². The van der Waals surface area contributed by atoms with Crippen molar-refractivity contribution in [3.05, 3.63) is 64.8 Å². The molecule has 0 bridgehead atoms. The third-order valence-electron chi connectivity index (χ3n) is 7.90. The molecule has 0 radical (unpaired) electrons. The third kappa shape index (κ3) is 4.68. The van der Waals surface area contributed by atoms with E-state index in [1.807, 2.05) is 12.1 Å². The number of likely N-dealkylation sites (tertiary alicyclic amines) is 1. The van der Waals surface area contributed by atoms with E-state index in [9.17, 15) is 10.2 Å². The van der Waals surface area contributed by atoms with Gasteiger partial charge in [0.05, 0.1) is 22.8 Å². The number of piperidine rings is 1. The topological polar surface area (TPSA) is 101 Å². The van der Waals surface area contributed by atoms with Gasteiger partial charge in [0.15, 0.2) is 0 Å². The Morgan fingerprint density at radius 2 is 2.03 bits per heavy atom. The number of halogens is 1. The minimum absolute atomic E-state index is 0.128.